The molecule has 0 bridgehead atoms. The van der Waals surface area contributed by atoms with Crippen LogP contribution in [-0.4, -0.2) is 371 Å². The summed E-state index contributed by atoms with van der Waals surface area (Å²) in [6.07, 6.45) is -2.29. The van der Waals surface area contributed by atoms with Crippen molar-refractivity contribution in [1.29, 1.82) is 0 Å². The number of aliphatic hydroxyl groups is 5. The lowest BCUT2D eigenvalue weighted by molar-refractivity contribution is -0.143. The van der Waals surface area contributed by atoms with Crippen LogP contribution in [0.25, 0.3) is 0 Å². The molecule has 732 valence electrons. The van der Waals surface area contributed by atoms with Crippen LogP contribution >= 0.6 is 76.0 Å². The summed E-state index contributed by atoms with van der Waals surface area (Å²) < 4.78 is 160. The molecule has 0 heterocycles. The van der Waals surface area contributed by atoms with Crippen molar-refractivity contribution in [2.45, 2.75) is 127 Å². The average Bonchev–Trinajstić information content (AvgIpc) is 0.801. The Morgan fingerprint density at radius 3 is 0.712 bits per heavy atom. The number of carbonyl (C=O) groups is 11. The molecule has 0 aromatic rings. The van der Waals surface area contributed by atoms with Gasteiger partial charge in [0.2, 0.25) is 17.7 Å². The van der Waals surface area contributed by atoms with E-state index in [0.717, 1.165) is 12.6 Å². The molecule has 0 aliphatic heterocycles. The lowest BCUT2D eigenvalue weighted by atomic mass is 10.0. The molecule has 0 aliphatic rings. The van der Waals surface area contributed by atoms with Gasteiger partial charge in [-0.3, -0.25) is 88.8 Å². The Hall–Kier alpha value is -4.25. The van der Waals surface area contributed by atoms with Crippen molar-refractivity contribution in [3.63, 3.8) is 0 Å². The van der Waals surface area contributed by atoms with Crippen LogP contribution in [0.15, 0.2) is 0 Å². The first-order valence-electron chi connectivity index (χ1n) is 35.6. The van der Waals surface area contributed by atoms with Crippen LogP contribution in [0.5, 0.6) is 0 Å². The highest BCUT2D eigenvalue weighted by Crippen LogP contribution is 2.71. The molecular formula is C53H106N8O54P10. The van der Waals surface area contributed by atoms with Crippen LogP contribution < -0.4 is 42.5 Å². The minimum Gasteiger partial charge on any atom is -0.379 e. The molecule has 0 rings (SSSR count). The molecule has 0 aliphatic carbocycles. The normalized spacial score (nSPS) is 14.0. The average molecular weight is 2030 g/mol. The molecule has 0 aromatic heterocycles. The molecule has 72 heteroatoms. The Kier molecular flexibility index (Phi) is 54.9. The minimum absolute atomic E-state index is 0.0112. The molecule has 125 heavy (non-hydrogen) atoms. The maximum absolute atomic E-state index is 14.3. The first kappa shape index (κ1) is 123. The molecule has 8 amide bonds. The molecule has 0 saturated heterocycles. The summed E-state index contributed by atoms with van der Waals surface area (Å²) in [6.45, 7) is -0.752. The Labute approximate surface area is 706 Å². The van der Waals surface area contributed by atoms with Gasteiger partial charge >= 0.3 is 101 Å². The van der Waals surface area contributed by atoms with Crippen LogP contribution in [-0.2, 0) is 136 Å². The number of amides is 8. The van der Waals surface area contributed by atoms with Gasteiger partial charge in [0.1, 0.15) is 30.7 Å². The lowest BCUT2D eigenvalue weighted by Crippen LogP contribution is -2.58. The molecule has 0 aromatic carbocycles. The number of rotatable bonds is 69. The van der Waals surface area contributed by atoms with E-state index in [2.05, 4.69) is 10.6 Å². The van der Waals surface area contributed by atoms with Crippen LogP contribution in [0.3, 0.4) is 0 Å². The molecular weight excluding hydrogens is 1920 g/mol. The number of nitrogens with one attached hydrogen (secondary N) is 8. The number of aldehydes is 2. The summed E-state index contributed by atoms with van der Waals surface area (Å²) in [7, 11) is -64.0. The van der Waals surface area contributed by atoms with Gasteiger partial charge in [0.05, 0.1) is 92.5 Å². The van der Waals surface area contributed by atoms with Crippen molar-refractivity contribution in [3.05, 3.63) is 0 Å². The SMILES string of the molecule is O=CCCCOCCOCCOCCOCCNC(=O)C(=O)C(O)(P(=O)(O)O)P(=O)(O)O.O=CCCCOCCOCCOCCOCCNC(=O)C(CCCCNC(=O)C(O)(P(=O)(O)O)P(=O)(O)O)NC(=O)C(CCCCNC(=O)C(O)(P(=O)(O)O)P(=O)(O)O)NC(=O)C(CCCCNC(=O)C(O)(P(=O)(O)O)P(=O)(O)O)NC(=O)C(O)(P(=O)(O)O)P(=O)(O)O. The van der Waals surface area contributed by atoms with Gasteiger partial charge in [0.15, 0.2) is 0 Å². The maximum atomic E-state index is 14.3. The summed E-state index contributed by atoms with van der Waals surface area (Å²) in [5.74, 6) is -18.3. The summed E-state index contributed by atoms with van der Waals surface area (Å²) in [5, 5.41) is 41.5. The zero-order valence-electron chi connectivity index (χ0n) is 65.4. The van der Waals surface area contributed by atoms with E-state index in [-0.39, 0.29) is 85.8 Å². The second kappa shape index (κ2) is 55.9. The van der Waals surface area contributed by atoms with Gasteiger partial charge in [0, 0.05) is 58.8 Å². The van der Waals surface area contributed by atoms with E-state index >= 15 is 0 Å². The standard InChI is InChI=1S/C38H77N7O40P8.C15H29NO14P2/c46-16-7-8-17-82-19-21-84-23-24-85-22-20-83-18-15-39-28(47)25(9-1-4-12-40-31(50)35(54,86(58,59)60)87(61,62)63)43-29(48)26(10-2-5-13-41-32(51)36(55,88(64,65)66)89(67,68)69)44-30(49)27(45-34(53)38(57,92(76,77)78)93(79,80)81)11-3-6-14-42-33(52)37(56,90(70,71)72)91(73,74)75;17-4-1-2-5-27-7-9-29-11-12-30-10-8-28-6-3-16-14(19)13(18)15(20,31(21,22)23)32(24,25)26/h16,25-27,54-57H,1-15,17-24H2,(H,39,47)(H,40,50)(H,41,51)(H,42,52)(H,43,48)(H,44,49)(H,45,53)(H2,58,59,60)(H2,61,62,63)(H2,64,65,66)(H2,67,68,69)(H2,70,71,72)(H2,73,74,75)(H2,76,77,78)(H2,79,80,81);4,20H,1-3,5-12H2,(H,16,19)(H2,21,22,23)(H2,24,25,26). The lowest BCUT2D eigenvalue weighted by Gasteiger charge is -2.30. The van der Waals surface area contributed by atoms with E-state index < -0.39 is 250 Å². The monoisotopic (exact) mass is 2030 g/mol. The fourth-order valence-electron chi connectivity index (χ4n) is 9.06. The highest BCUT2D eigenvalue weighted by atomic mass is 31.3. The van der Waals surface area contributed by atoms with Crippen LogP contribution in [0.2, 0.25) is 0 Å². The largest absolute Gasteiger partial charge is 0.379 e. The second-order valence-electron chi connectivity index (χ2n) is 25.4. The maximum Gasteiger partial charge on any atom is 0.379 e. The first-order chi connectivity index (χ1) is 57.1. The fourth-order valence-corrected chi connectivity index (χ4v) is 19.3. The van der Waals surface area contributed by atoms with Gasteiger partial charge in [-0.2, -0.15) is 0 Å². The van der Waals surface area contributed by atoms with Gasteiger partial charge in [-0.15, -0.1) is 0 Å². The first-order valence-corrected chi connectivity index (χ1v) is 51.8. The summed E-state index contributed by atoms with van der Waals surface area (Å²) >= 11 is 0. The number of Topliss-reactive ketones (excluding diaryl/α,β-unsaturated/α-hetero) is 1. The Balaban J connectivity index is 0. The van der Waals surface area contributed by atoms with Crippen molar-refractivity contribution in [3.8, 4) is 0 Å². The summed E-state index contributed by atoms with van der Waals surface area (Å²) in [4.78, 5) is 324. The highest BCUT2D eigenvalue weighted by Gasteiger charge is 2.70. The molecule has 3 unspecified atom stereocenters. The van der Waals surface area contributed by atoms with Gasteiger partial charge in [-0.1, -0.05) is 0 Å². The van der Waals surface area contributed by atoms with E-state index in [1.54, 1.807) is 16.0 Å². The summed E-state index contributed by atoms with van der Waals surface area (Å²) in [5.41, 5.74) is 0. The fraction of sp³-hybridized carbons (Fsp3) is 0.792. The number of ketones is 1. The third-order valence-electron chi connectivity index (χ3n) is 15.8. The molecule has 0 fully saturated rings. The van der Waals surface area contributed by atoms with Crippen molar-refractivity contribution >= 4 is 142 Å². The molecule has 33 N–H and O–H groups in total. The number of hydrogen-bond acceptors (Lipinski definition) is 34. The third kappa shape index (κ3) is 40.0. The number of ether oxygens (including phenoxy) is 8. The van der Waals surface area contributed by atoms with Crippen molar-refractivity contribution < 1.29 is 260 Å². The Morgan fingerprint density at radius 2 is 0.464 bits per heavy atom. The van der Waals surface area contributed by atoms with E-state index in [1.807, 2.05) is 10.6 Å². The van der Waals surface area contributed by atoms with Gasteiger partial charge < -0.3 is 213 Å². The smallest absolute Gasteiger partial charge is 0.379 e. The Morgan fingerprint density at radius 1 is 0.248 bits per heavy atom. The molecule has 0 saturated carbocycles. The van der Waals surface area contributed by atoms with Crippen LogP contribution in [0, 0.1) is 0 Å². The minimum atomic E-state index is -6.74. The molecule has 3 atom stereocenters. The van der Waals surface area contributed by atoms with E-state index in [0.29, 0.717) is 58.7 Å². The van der Waals surface area contributed by atoms with Crippen molar-refractivity contribution in [1.82, 2.24) is 42.5 Å². The van der Waals surface area contributed by atoms with E-state index in [4.69, 9.17) is 57.5 Å². The van der Waals surface area contributed by atoms with E-state index in [1.165, 1.54) is 5.32 Å². The summed E-state index contributed by atoms with van der Waals surface area (Å²) in [6, 6.07) is -6.56. The van der Waals surface area contributed by atoms with E-state index in [9.17, 15) is 202 Å². The van der Waals surface area contributed by atoms with Crippen molar-refractivity contribution in [2.75, 3.05) is 138 Å². The predicted molar refractivity (Wildman–Crippen MR) is 410 cm³/mol. The topological polar surface area (TPSA) is 1030 Å². The second-order valence-corrected chi connectivity index (χ2v) is 44.5. The third-order valence-corrected chi connectivity index (χ3v) is 33.8. The Bertz CT molecular complexity index is 3880. The quantitative estimate of drug-likeness (QED) is 0.0116. The zero-order chi connectivity index (χ0) is 97.2. The zero-order valence-corrected chi connectivity index (χ0v) is 74.4. The van der Waals surface area contributed by atoms with Crippen LogP contribution in [0.1, 0.15) is 83.5 Å². The molecule has 62 nitrogen and oxygen atoms in total. The van der Waals surface area contributed by atoms with Crippen molar-refractivity contribution in [2.24, 2.45) is 0 Å². The number of carbonyl (C=O) groups excluding carboxylic acids is 11. The number of unbranched alkanes of at least 4 members (excludes halogenated alkanes) is 5. The van der Waals surface area contributed by atoms with Gasteiger partial charge in [0.25, 0.3) is 35.3 Å². The highest BCUT2D eigenvalue weighted by molar-refractivity contribution is 7.76. The van der Waals surface area contributed by atoms with Crippen LogP contribution in [0.4, 0.5) is 0 Å². The predicted octanol–water partition coefficient (Wildman–Crippen LogP) is -10.8. The molecule has 0 radical (unpaired) electrons. The van der Waals surface area contributed by atoms with Gasteiger partial charge in [-0.05, 0) is 70.6 Å². The molecule has 0 spiro atoms. The van der Waals surface area contributed by atoms with Gasteiger partial charge in [-0.25, -0.2) is 0 Å². The number of hydrogen-bond donors (Lipinski definition) is 33.